The van der Waals surface area contributed by atoms with Gasteiger partial charge in [0.25, 0.3) is 0 Å². The maximum absolute atomic E-state index is 13.0. The van der Waals surface area contributed by atoms with Crippen LogP contribution in [0.4, 0.5) is 13.2 Å². The minimum Gasteiger partial charge on any atom is -0.410 e. The zero-order valence-corrected chi connectivity index (χ0v) is 26.7. The lowest BCUT2D eigenvalue weighted by Crippen LogP contribution is -2.44. The summed E-state index contributed by atoms with van der Waals surface area (Å²) in [7, 11) is -2.07. The van der Waals surface area contributed by atoms with Crippen molar-refractivity contribution < 1.29 is 22.7 Å². The fourth-order valence-electron chi connectivity index (χ4n) is 5.93. The van der Waals surface area contributed by atoms with Crippen LogP contribution in [0.1, 0.15) is 107 Å². The molecule has 0 bridgehead atoms. The normalized spacial score (nSPS) is 25.2. The van der Waals surface area contributed by atoms with E-state index in [0.717, 1.165) is 55.6 Å². The lowest BCUT2D eigenvalue weighted by Gasteiger charge is -2.45. The van der Waals surface area contributed by atoms with Crippen molar-refractivity contribution in [1.82, 2.24) is 4.98 Å². The maximum Gasteiger partial charge on any atom is 0.416 e. The smallest absolute Gasteiger partial charge is 0.410 e. The van der Waals surface area contributed by atoms with Crippen molar-refractivity contribution in [2.75, 3.05) is 0 Å². The number of hydrogen-bond acceptors (Lipinski definition) is 3. The number of benzene rings is 1. The number of aromatic nitrogens is 1. The average Bonchev–Trinajstić information content (AvgIpc) is 3.19. The molecule has 8 heteroatoms. The summed E-state index contributed by atoms with van der Waals surface area (Å²) < 4.78 is 47.4. The zero-order valence-electron chi connectivity index (χ0n) is 23.5. The number of alkyl halides is 3. The second kappa shape index (κ2) is 10.5. The van der Waals surface area contributed by atoms with Gasteiger partial charge in [0.05, 0.1) is 17.8 Å². The molecule has 0 aliphatic heterocycles. The summed E-state index contributed by atoms with van der Waals surface area (Å²) >= 11 is 2.45. The van der Waals surface area contributed by atoms with E-state index in [4.69, 9.17) is 9.41 Å². The topological polar surface area (TPSA) is 42.4 Å². The first-order valence-electron chi connectivity index (χ1n) is 13.6. The number of halogens is 4. The average molecular weight is 660 g/mol. The van der Waals surface area contributed by atoms with Gasteiger partial charge in [-0.05, 0) is 114 Å². The van der Waals surface area contributed by atoms with Gasteiger partial charge in [0.1, 0.15) is 0 Å². The van der Waals surface area contributed by atoms with E-state index < -0.39 is 26.2 Å². The van der Waals surface area contributed by atoms with Crippen LogP contribution in [0.2, 0.25) is 18.1 Å². The van der Waals surface area contributed by atoms with Gasteiger partial charge < -0.3 is 9.53 Å². The Hall–Kier alpha value is -0.973. The fourth-order valence-corrected chi connectivity index (χ4v) is 8.17. The fraction of sp³-hybridized carbons (Fsp3) is 0.633. The van der Waals surface area contributed by atoms with Gasteiger partial charge in [-0.15, -0.1) is 0 Å². The Bertz CT molecular complexity index is 1160. The summed E-state index contributed by atoms with van der Waals surface area (Å²) in [4.78, 5) is 5.16. The van der Waals surface area contributed by atoms with Crippen LogP contribution in [0.3, 0.4) is 0 Å². The number of aliphatic hydroxyl groups excluding tert-OH is 1. The molecule has 4 rings (SSSR count). The van der Waals surface area contributed by atoms with Crippen molar-refractivity contribution in [3.8, 4) is 0 Å². The molecule has 0 radical (unpaired) electrons. The molecule has 2 aliphatic rings. The number of rotatable bonds is 5. The molecular formula is C30H41F3INO2Si. The molecule has 210 valence electrons. The third-order valence-electron chi connectivity index (χ3n) is 9.19. The Labute approximate surface area is 240 Å². The standard InChI is InChI=1S/C30H41F3INO2Si/c1-18(2)23-14-22(34)26-24(35-23)16-29(17-25(26)37-38(6,7)28(3,4)5)13-12-20(15-29)27(36)19-8-10-21(11-9-19)30(31,32)33/h8-11,14,18,20,25,27,36H,12-13,15-17H2,1-7H3/t20?,25-,27?,29?/m0/s1. The monoisotopic (exact) mass is 659 g/mol. The van der Waals surface area contributed by atoms with Crippen LogP contribution >= 0.6 is 22.6 Å². The lowest BCUT2D eigenvalue weighted by molar-refractivity contribution is -0.137. The molecule has 1 heterocycles. The predicted octanol–water partition coefficient (Wildman–Crippen LogP) is 9.36. The third-order valence-corrected chi connectivity index (χ3v) is 14.6. The Morgan fingerprint density at radius 2 is 1.74 bits per heavy atom. The highest BCUT2D eigenvalue weighted by atomic mass is 127. The summed E-state index contributed by atoms with van der Waals surface area (Å²) in [6.07, 6.45) is -0.851. The Morgan fingerprint density at radius 1 is 1.11 bits per heavy atom. The zero-order chi connectivity index (χ0) is 28.3. The van der Waals surface area contributed by atoms with Crippen LogP contribution in [0.5, 0.6) is 0 Å². The molecular weight excluding hydrogens is 618 g/mol. The molecule has 3 unspecified atom stereocenters. The van der Waals surface area contributed by atoms with E-state index >= 15 is 0 Å². The van der Waals surface area contributed by atoms with Gasteiger partial charge in [0, 0.05) is 20.5 Å². The summed E-state index contributed by atoms with van der Waals surface area (Å²) in [5.41, 5.74) is 3.28. The van der Waals surface area contributed by atoms with Crippen molar-refractivity contribution >= 4 is 30.9 Å². The number of fused-ring (bicyclic) bond motifs is 1. The summed E-state index contributed by atoms with van der Waals surface area (Å²) in [5, 5.41) is 11.3. The molecule has 0 amide bonds. The molecule has 1 spiro atoms. The lowest BCUT2D eigenvalue weighted by atomic mass is 9.70. The van der Waals surface area contributed by atoms with E-state index in [1.165, 1.54) is 21.3 Å². The second-order valence-electron chi connectivity index (χ2n) is 13.4. The molecule has 2 aromatic rings. The minimum atomic E-state index is -4.38. The highest BCUT2D eigenvalue weighted by Gasteiger charge is 2.50. The first-order valence-corrected chi connectivity index (χ1v) is 17.6. The van der Waals surface area contributed by atoms with Crippen LogP contribution in [0.25, 0.3) is 0 Å². The molecule has 2 aliphatic carbocycles. The largest absolute Gasteiger partial charge is 0.416 e. The van der Waals surface area contributed by atoms with Gasteiger partial charge in [0.15, 0.2) is 8.32 Å². The Kier molecular flexibility index (Phi) is 8.25. The number of aliphatic hydroxyl groups is 1. The van der Waals surface area contributed by atoms with Crippen LogP contribution < -0.4 is 0 Å². The van der Waals surface area contributed by atoms with E-state index in [1.807, 2.05) is 0 Å². The maximum atomic E-state index is 13.0. The molecule has 1 saturated carbocycles. The van der Waals surface area contributed by atoms with Crippen LogP contribution in [0, 0.1) is 14.9 Å². The molecule has 3 nitrogen and oxygen atoms in total. The SMILES string of the molecule is CC(C)c1cc(I)c2c(n1)CC1(CCC(C(O)c3ccc(C(F)(F)F)cc3)C1)C[C@@H]2O[Si](C)(C)C(C)(C)C. The van der Waals surface area contributed by atoms with Crippen molar-refractivity contribution in [2.24, 2.45) is 11.3 Å². The van der Waals surface area contributed by atoms with E-state index in [-0.39, 0.29) is 22.5 Å². The molecule has 1 aromatic heterocycles. The molecule has 0 saturated heterocycles. The third kappa shape index (κ3) is 6.03. The van der Waals surface area contributed by atoms with E-state index in [0.29, 0.717) is 11.5 Å². The highest BCUT2D eigenvalue weighted by molar-refractivity contribution is 14.1. The number of pyridine rings is 1. The first kappa shape index (κ1) is 30.0. The van der Waals surface area contributed by atoms with Crippen molar-refractivity contribution in [1.29, 1.82) is 0 Å². The Morgan fingerprint density at radius 3 is 2.29 bits per heavy atom. The number of nitrogens with zero attached hydrogens (tertiary/aromatic N) is 1. The minimum absolute atomic E-state index is 0.00541. The van der Waals surface area contributed by atoms with Crippen molar-refractivity contribution in [3.05, 3.63) is 62.0 Å². The van der Waals surface area contributed by atoms with E-state index in [9.17, 15) is 18.3 Å². The van der Waals surface area contributed by atoms with Crippen LogP contribution in [0.15, 0.2) is 30.3 Å². The Balaban J connectivity index is 1.64. The van der Waals surface area contributed by atoms with Crippen molar-refractivity contribution in [3.63, 3.8) is 0 Å². The molecule has 1 aromatic carbocycles. The molecule has 4 atom stereocenters. The van der Waals surface area contributed by atoms with Gasteiger partial charge in [0.2, 0.25) is 0 Å². The molecule has 1 N–H and O–H groups in total. The van der Waals surface area contributed by atoms with Crippen molar-refractivity contribution in [2.45, 2.75) is 109 Å². The summed E-state index contributed by atoms with van der Waals surface area (Å²) in [6.45, 7) is 15.7. The first-order chi connectivity index (χ1) is 17.4. The van der Waals surface area contributed by atoms with Crippen LogP contribution in [-0.4, -0.2) is 18.4 Å². The summed E-state index contributed by atoms with van der Waals surface area (Å²) in [5.74, 6) is 0.318. The highest BCUT2D eigenvalue weighted by Crippen LogP contribution is 2.57. The van der Waals surface area contributed by atoms with Gasteiger partial charge >= 0.3 is 6.18 Å². The van der Waals surface area contributed by atoms with Gasteiger partial charge in [-0.1, -0.05) is 46.8 Å². The molecule has 38 heavy (non-hydrogen) atoms. The van der Waals surface area contributed by atoms with Crippen LogP contribution in [-0.2, 0) is 17.0 Å². The second-order valence-corrected chi connectivity index (χ2v) is 19.3. The van der Waals surface area contributed by atoms with Gasteiger partial charge in [-0.3, -0.25) is 4.98 Å². The van der Waals surface area contributed by atoms with E-state index in [2.05, 4.69) is 76.4 Å². The van der Waals surface area contributed by atoms with Gasteiger partial charge in [-0.2, -0.15) is 13.2 Å². The quantitative estimate of drug-likeness (QED) is 0.257. The summed E-state index contributed by atoms with van der Waals surface area (Å²) in [6, 6.07) is 7.20. The predicted molar refractivity (Wildman–Crippen MR) is 157 cm³/mol. The van der Waals surface area contributed by atoms with Gasteiger partial charge in [-0.25, -0.2) is 0 Å². The number of hydrogen-bond donors (Lipinski definition) is 1. The van der Waals surface area contributed by atoms with E-state index in [1.54, 1.807) is 0 Å². The molecule has 1 fully saturated rings.